The van der Waals surface area contributed by atoms with Gasteiger partial charge in [0.2, 0.25) is 5.95 Å². The molecule has 0 spiro atoms. The van der Waals surface area contributed by atoms with Gasteiger partial charge in [0.1, 0.15) is 0 Å². The lowest BCUT2D eigenvalue weighted by atomic mass is 10.1. The van der Waals surface area contributed by atoms with Crippen LogP contribution in [0.3, 0.4) is 0 Å². The molecule has 7 heteroatoms. The lowest BCUT2D eigenvalue weighted by molar-refractivity contribution is 0.458. The van der Waals surface area contributed by atoms with E-state index in [1.807, 2.05) is 66.9 Å². The highest BCUT2D eigenvalue weighted by Gasteiger charge is 2.29. The second-order valence-corrected chi connectivity index (χ2v) is 8.91. The minimum Gasteiger partial charge on any atom is -0.312 e. The van der Waals surface area contributed by atoms with E-state index >= 15 is 0 Å². The van der Waals surface area contributed by atoms with E-state index in [1.165, 1.54) is 9.13 Å². The molecule has 4 aromatic rings. The third-order valence-electron chi connectivity index (χ3n) is 6.34. The highest BCUT2D eigenvalue weighted by Crippen LogP contribution is 2.32. The van der Waals surface area contributed by atoms with Crippen LogP contribution in [0.5, 0.6) is 0 Å². The number of aryl methyl sites for hydroxylation is 3. The molecule has 2 aromatic carbocycles. The Labute approximate surface area is 186 Å². The van der Waals surface area contributed by atoms with Gasteiger partial charge in [0, 0.05) is 25.8 Å². The molecule has 0 bridgehead atoms. The van der Waals surface area contributed by atoms with Crippen molar-refractivity contribution in [2.75, 3.05) is 11.4 Å². The SMILES string of the molecule is Cc1ccc(C)c(Cn2c(=O)c3c(nc4n3C[C@H](C)CN4c3ccccc3)n(C)c2=O)c1. The molecular formula is C25H27N5O2. The van der Waals surface area contributed by atoms with Gasteiger partial charge in [0.05, 0.1) is 6.54 Å². The van der Waals surface area contributed by atoms with E-state index in [-0.39, 0.29) is 17.8 Å². The molecule has 0 aliphatic carbocycles. The highest BCUT2D eigenvalue weighted by atomic mass is 16.2. The number of hydrogen-bond donors (Lipinski definition) is 0. The van der Waals surface area contributed by atoms with Gasteiger partial charge < -0.3 is 9.47 Å². The fraction of sp³-hybridized carbons (Fsp3) is 0.320. The number of benzene rings is 2. The normalized spacial score (nSPS) is 15.9. The maximum Gasteiger partial charge on any atom is 0.332 e. The summed E-state index contributed by atoms with van der Waals surface area (Å²) in [4.78, 5) is 33.8. The molecule has 0 radical (unpaired) electrons. The van der Waals surface area contributed by atoms with Crippen LogP contribution < -0.4 is 16.1 Å². The molecule has 0 fully saturated rings. The number of aromatic nitrogens is 4. The largest absolute Gasteiger partial charge is 0.332 e. The molecule has 0 saturated heterocycles. The molecule has 1 atom stereocenters. The zero-order valence-corrected chi connectivity index (χ0v) is 18.9. The maximum atomic E-state index is 13.7. The van der Waals surface area contributed by atoms with E-state index in [0.29, 0.717) is 29.6 Å². The highest BCUT2D eigenvalue weighted by molar-refractivity contribution is 5.77. The lowest BCUT2D eigenvalue weighted by Crippen LogP contribution is -2.40. The van der Waals surface area contributed by atoms with Gasteiger partial charge in [-0.05, 0) is 43.0 Å². The Hall–Kier alpha value is -3.61. The van der Waals surface area contributed by atoms with Crippen molar-refractivity contribution in [1.82, 2.24) is 18.7 Å². The maximum absolute atomic E-state index is 13.7. The van der Waals surface area contributed by atoms with Crippen molar-refractivity contribution in [2.45, 2.75) is 33.9 Å². The summed E-state index contributed by atoms with van der Waals surface area (Å²) >= 11 is 0. The number of rotatable bonds is 3. The second kappa shape index (κ2) is 7.51. The van der Waals surface area contributed by atoms with Crippen LogP contribution in [0.15, 0.2) is 58.1 Å². The van der Waals surface area contributed by atoms with Crippen LogP contribution in [0.4, 0.5) is 11.6 Å². The first-order chi connectivity index (χ1) is 15.3. The van der Waals surface area contributed by atoms with Crippen molar-refractivity contribution >= 4 is 22.8 Å². The first-order valence-electron chi connectivity index (χ1n) is 10.9. The Morgan fingerprint density at radius 1 is 1.03 bits per heavy atom. The Morgan fingerprint density at radius 2 is 1.78 bits per heavy atom. The van der Waals surface area contributed by atoms with Crippen molar-refractivity contribution < 1.29 is 0 Å². The van der Waals surface area contributed by atoms with Gasteiger partial charge in [-0.25, -0.2) is 4.79 Å². The first kappa shape index (κ1) is 20.3. The smallest absolute Gasteiger partial charge is 0.312 e. The number of anilines is 2. The minimum absolute atomic E-state index is 0.243. The van der Waals surface area contributed by atoms with E-state index in [1.54, 1.807) is 7.05 Å². The predicted octanol–water partition coefficient (Wildman–Crippen LogP) is 3.35. The zero-order valence-electron chi connectivity index (χ0n) is 18.9. The van der Waals surface area contributed by atoms with Gasteiger partial charge in [-0.1, -0.05) is 48.9 Å². The van der Waals surface area contributed by atoms with Crippen LogP contribution in [0.1, 0.15) is 23.6 Å². The average molecular weight is 430 g/mol. The van der Waals surface area contributed by atoms with E-state index in [0.717, 1.165) is 28.9 Å². The van der Waals surface area contributed by atoms with Crippen LogP contribution >= 0.6 is 0 Å². The van der Waals surface area contributed by atoms with Crippen LogP contribution in [-0.4, -0.2) is 25.2 Å². The summed E-state index contributed by atoms with van der Waals surface area (Å²) in [5.41, 5.74) is 4.44. The van der Waals surface area contributed by atoms with Gasteiger partial charge in [-0.2, -0.15) is 4.98 Å². The first-order valence-corrected chi connectivity index (χ1v) is 10.9. The summed E-state index contributed by atoms with van der Waals surface area (Å²) in [6.45, 7) is 7.92. The molecule has 3 heterocycles. The van der Waals surface area contributed by atoms with Gasteiger partial charge >= 0.3 is 5.69 Å². The van der Waals surface area contributed by atoms with Crippen LogP contribution in [0.2, 0.25) is 0 Å². The van der Waals surface area contributed by atoms with Gasteiger partial charge in [-0.15, -0.1) is 0 Å². The van der Waals surface area contributed by atoms with E-state index in [9.17, 15) is 9.59 Å². The molecule has 0 amide bonds. The number of fused-ring (bicyclic) bond motifs is 3. The van der Waals surface area contributed by atoms with Gasteiger partial charge in [-0.3, -0.25) is 13.9 Å². The molecule has 0 unspecified atom stereocenters. The Bertz CT molecular complexity index is 1450. The Balaban J connectivity index is 1.74. The third kappa shape index (κ3) is 3.16. The fourth-order valence-corrected chi connectivity index (χ4v) is 4.61. The van der Waals surface area contributed by atoms with Crippen molar-refractivity contribution in [2.24, 2.45) is 13.0 Å². The molecule has 5 rings (SSSR count). The van der Waals surface area contributed by atoms with Crippen LogP contribution in [-0.2, 0) is 20.1 Å². The van der Waals surface area contributed by atoms with Gasteiger partial charge in [0.25, 0.3) is 5.56 Å². The average Bonchev–Trinajstić information content (AvgIpc) is 3.17. The summed E-state index contributed by atoms with van der Waals surface area (Å²) in [5.74, 6) is 1.03. The number of imidazole rings is 1. The number of hydrogen-bond acceptors (Lipinski definition) is 4. The van der Waals surface area contributed by atoms with E-state index < -0.39 is 0 Å². The molecule has 2 aromatic heterocycles. The zero-order chi connectivity index (χ0) is 22.6. The van der Waals surface area contributed by atoms with Crippen molar-refractivity contribution in [3.8, 4) is 0 Å². The van der Waals surface area contributed by atoms with Crippen molar-refractivity contribution in [1.29, 1.82) is 0 Å². The summed E-state index contributed by atoms with van der Waals surface area (Å²) in [7, 11) is 1.69. The Kier molecular flexibility index (Phi) is 4.77. The quantitative estimate of drug-likeness (QED) is 0.501. The fourth-order valence-electron chi connectivity index (χ4n) is 4.61. The molecule has 7 nitrogen and oxygen atoms in total. The molecule has 0 N–H and O–H groups in total. The summed E-state index contributed by atoms with van der Waals surface area (Å²) in [6.07, 6.45) is 0. The summed E-state index contributed by atoms with van der Waals surface area (Å²) < 4.78 is 4.82. The van der Waals surface area contributed by atoms with Crippen molar-refractivity contribution in [3.05, 3.63) is 86.1 Å². The Morgan fingerprint density at radius 3 is 2.53 bits per heavy atom. The number of nitrogens with zero attached hydrogens (tertiary/aromatic N) is 5. The molecule has 0 saturated carbocycles. The number of para-hydroxylation sites is 1. The standard InChI is InChI=1S/C25H27N5O2/c1-16-10-11-18(3)19(12-16)15-30-23(31)21-22(27(4)25(30)32)26-24-28(13-17(2)14-29(21)24)20-8-6-5-7-9-20/h5-12,17H,13-15H2,1-4H3/t17-/m1/s1. The van der Waals surface area contributed by atoms with Crippen LogP contribution in [0, 0.1) is 19.8 Å². The monoisotopic (exact) mass is 429 g/mol. The van der Waals surface area contributed by atoms with E-state index in [2.05, 4.69) is 11.8 Å². The molecule has 32 heavy (non-hydrogen) atoms. The van der Waals surface area contributed by atoms with Crippen LogP contribution in [0.25, 0.3) is 11.2 Å². The molecule has 164 valence electrons. The lowest BCUT2D eigenvalue weighted by Gasteiger charge is -2.32. The second-order valence-electron chi connectivity index (χ2n) is 8.91. The van der Waals surface area contributed by atoms with Crippen molar-refractivity contribution in [3.63, 3.8) is 0 Å². The summed E-state index contributed by atoms with van der Waals surface area (Å²) in [5, 5.41) is 0. The minimum atomic E-state index is -0.349. The molecule has 1 aliphatic heterocycles. The molecular weight excluding hydrogens is 402 g/mol. The topological polar surface area (TPSA) is 65.1 Å². The summed E-state index contributed by atoms with van der Waals surface area (Å²) in [6, 6.07) is 16.2. The molecule has 1 aliphatic rings. The third-order valence-corrected chi connectivity index (χ3v) is 6.34. The van der Waals surface area contributed by atoms with E-state index in [4.69, 9.17) is 4.98 Å². The predicted molar refractivity (Wildman–Crippen MR) is 127 cm³/mol. The van der Waals surface area contributed by atoms with Gasteiger partial charge in [0.15, 0.2) is 11.2 Å².